The number of nitrogens with zero attached hydrogens (tertiary/aromatic N) is 1. The summed E-state index contributed by atoms with van der Waals surface area (Å²) in [6.45, 7) is 11.4. The van der Waals surface area contributed by atoms with Crippen LogP contribution in [0, 0.1) is 0 Å². The highest BCUT2D eigenvalue weighted by molar-refractivity contribution is 5.88. The van der Waals surface area contributed by atoms with Crippen LogP contribution in [0.2, 0.25) is 0 Å². The molecular weight excluding hydrogens is 302 g/mol. The van der Waals surface area contributed by atoms with Gasteiger partial charge < -0.3 is 14.4 Å². The van der Waals surface area contributed by atoms with E-state index in [4.69, 9.17) is 9.47 Å². The Hall–Kier alpha value is -2.75. The first-order chi connectivity index (χ1) is 11.5. The normalized spacial score (nSPS) is 10.1. The Morgan fingerprint density at radius 1 is 0.917 bits per heavy atom. The fraction of sp³-hybridized carbons (Fsp3) is 0.250. The molecule has 0 heterocycles. The summed E-state index contributed by atoms with van der Waals surface area (Å²) in [7, 11) is 0. The summed E-state index contributed by atoms with van der Waals surface area (Å²) in [5.74, 6) is 1.47. The molecule has 2 aromatic carbocycles. The standard InChI is InChI=1S/C20H23NO3/c1-5-21(6-2)16-7-9-17(10-8-16)23-18-11-13-19(14-12-18)24-20(22)15(3)4/h7-14H,3,5-6H2,1-2,4H3. The molecule has 0 atom stereocenters. The number of hydrogen-bond acceptors (Lipinski definition) is 4. The van der Waals surface area contributed by atoms with Crippen molar-refractivity contribution in [3.8, 4) is 17.2 Å². The van der Waals surface area contributed by atoms with Crippen molar-refractivity contribution < 1.29 is 14.3 Å². The molecule has 0 saturated carbocycles. The maximum Gasteiger partial charge on any atom is 0.338 e. The molecule has 0 unspecified atom stereocenters. The van der Waals surface area contributed by atoms with Gasteiger partial charge in [0.2, 0.25) is 0 Å². The van der Waals surface area contributed by atoms with Gasteiger partial charge in [-0.1, -0.05) is 6.58 Å². The molecule has 0 aliphatic carbocycles. The van der Waals surface area contributed by atoms with Crippen LogP contribution in [0.3, 0.4) is 0 Å². The Labute approximate surface area is 143 Å². The number of esters is 1. The van der Waals surface area contributed by atoms with Crippen LogP contribution in [0.25, 0.3) is 0 Å². The molecule has 0 radical (unpaired) electrons. The molecule has 0 bridgehead atoms. The van der Waals surface area contributed by atoms with Crippen LogP contribution in [0.4, 0.5) is 5.69 Å². The Kier molecular flexibility index (Phi) is 6.01. The van der Waals surface area contributed by atoms with E-state index in [2.05, 4.69) is 25.3 Å². The van der Waals surface area contributed by atoms with Crippen molar-refractivity contribution in [2.75, 3.05) is 18.0 Å². The van der Waals surface area contributed by atoms with Gasteiger partial charge in [-0.2, -0.15) is 0 Å². The van der Waals surface area contributed by atoms with Crippen molar-refractivity contribution in [1.82, 2.24) is 0 Å². The lowest BCUT2D eigenvalue weighted by Gasteiger charge is -2.21. The maximum atomic E-state index is 11.5. The van der Waals surface area contributed by atoms with Crippen molar-refractivity contribution >= 4 is 11.7 Å². The second-order valence-corrected chi connectivity index (χ2v) is 5.41. The van der Waals surface area contributed by atoms with Crippen LogP contribution < -0.4 is 14.4 Å². The minimum atomic E-state index is -0.435. The van der Waals surface area contributed by atoms with E-state index in [1.54, 1.807) is 31.2 Å². The van der Waals surface area contributed by atoms with Crippen molar-refractivity contribution in [2.24, 2.45) is 0 Å². The molecular formula is C20H23NO3. The van der Waals surface area contributed by atoms with Crippen LogP contribution in [0.15, 0.2) is 60.7 Å². The zero-order valence-corrected chi connectivity index (χ0v) is 14.4. The minimum Gasteiger partial charge on any atom is -0.457 e. The highest BCUT2D eigenvalue weighted by Crippen LogP contribution is 2.26. The quantitative estimate of drug-likeness (QED) is 0.416. The van der Waals surface area contributed by atoms with Crippen molar-refractivity contribution in [3.05, 3.63) is 60.7 Å². The smallest absolute Gasteiger partial charge is 0.338 e. The van der Waals surface area contributed by atoms with E-state index in [-0.39, 0.29) is 0 Å². The molecule has 0 amide bonds. The van der Waals surface area contributed by atoms with Crippen LogP contribution in [0.1, 0.15) is 20.8 Å². The summed E-state index contributed by atoms with van der Waals surface area (Å²) < 4.78 is 11.0. The predicted octanol–water partition coefficient (Wildman–Crippen LogP) is 4.81. The number of benzene rings is 2. The van der Waals surface area contributed by atoms with E-state index in [1.165, 1.54) is 5.69 Å². The molecule has 0 aliphatic heterocycles. The zero-order chi connectivity index (χ0) is 17.5. The lowest BCUT2D eigenvalue weighted by Crippen LogP contribution is -2.21. The highest BCUT2D eigenvalue weighted by Gasteiger charge is 2.06. The molecule has 0 aliphatic rings. The van der Waals surface area contributed by atoms with Gasteiger partial charge in [-0.3, -0.25) is 0 Å². The van der Waals surface area contributed by atoms with E-state index in [0.29, 0.717) is 17.1 Å². The molecule has 0 saturated heterocycles. The first kappa shape index (κ1) is 17.6. The van der Waals surface area contributed by atoms with Crippen molar-refractivity contribution in [3.63, 3.8) is 0 Å². The minimum absolute atomic E-state index is 0.364. The van der Waals surface area contributed by atoms with Gasteiger partial charge in [0.05, 0.1) is 0 Å². The van der Waals surface area contributed by atoms with Crippen molar-refractivity contribution in [2.45, 2.75) is 20.8 Å². The second kappa shape index (κ2) is 8.20. The molecule has 4 heteroatoms. The highest BCUT2D eigenvalue weighted by atomic mass is 16.5. The fourth-order valence-electron chi connectivity index (χ4n) is 2.22. The monoisotopic (exact) mass is 325 g/mol. The summed E-state index contributed by atoms with van der Waals surface area (Å²) in [4.78, 5) is 13.7. The Bertz CT molecular complexity index is 686. The number of hydrogen-bond donors (Lipinski definition) is 0. The van der Waals surface area contributed by atoms with E-state index in [9.17, 15) is 4.79 Å². The van der Waals surface area contributed by atoms with Gasteiger partial charge in [0.1, 0.15) is 17.2 Å². The molecule has 2 rings (SSSR count). The number of carbonyl (C=O) groups excluding carboxylic acids is 1. The average molecular weight is 325 g/mol. The third-order valence-electron chi connectivity index (χ3n) is 3.58. The fourth-order valence-corrected chi connectivity index (χ4v) is 2.22. The summed E-state index contributed by atoms with van der Waals surface area (Å²) in [5, 5.41) is 0. The Morgan fingerprint density at radius 3 is 1.83 bits per heavy atom. The second-order valence-electron chi connectivity index (χ2n) is 5.41. The van der Waals surface area contributed by atoms with Gasteiger partial charge in [0.25, 0.3) is 0 Å². The lowest BCUT2D eigenvalue weighted by molar-refractivity contribution is -0.130. The van der Waals surface area contributed by atoms with Crippen LogP contribution in [0.5, 0.6) is 17.2 Å². The van der Waals surface area contributed by atoms with E-state index in [1.807, 2.05) is 24.3 Å². The van der Waals surface area contributed by atoms with Crippen molar-refractivity contribution in [1.29, 1.82) is 0 Å². The van der Waals surface area contributed by atoms with E-state index in [0.717, 1.165) is 18.8 Å². The molecule has 0 aromatic heterocycles. The molecule has 24 heavy (non-hydrogen) atoms. The van der Waals surface area contributed by atoms with Gasteiger partial charge in [-0.25, -0.2) is 4.79 Å². The van der Waals surface area contributed by atoms with Crippen LogP contribution >= 0.6 is 0 Å². The molecule has 0 fully saturated rings. The first-order valence-corrected chi connectivity index (χ1v) is 8.04. The number of anilines is 1. The van der Waals surface area contributed by atoms with Gasteiger partial charge in [0.15, 0.2) is 0 Å². The number of ether oxygens (including phenoxy) is 2. The van der Waals surface area contributed by atoms with Crippen LogP contribution in [-0.2, 0) is 4.79 Å². The molecule has 0 spiro atoms. The third-order valence-corrected chi connectivity index (χ3v) is 3.58. The van der Waals surface area contributed by atoms with Gasteiger partial charge in [-0.05, 0) is 69.3 Å². The molecule has 0 N–H and O–H groups in total. The Morgan fingerprint density at radius 2 is 1.38 bits per heavy atom. The van der Waals surface area contributed by atoms with Gasteiger partial charge >= 0.3 is 5.97 Å². The number of carbonyl (C=O) groups is 1. The zero-order valence-electron chi connectivity index (χ0n) is 14.4. The molecule has 2 aromatic rings. The van der Waals surface area contributed by atoms with Gasteiger partial charge in [-0.15, -0.1) is 0 Å². The van der Waals surface area contributed by atoms with E-state index >= 15 is 0 Å². The summed E-state index contributed by atoms with van der Waals surface area (Å²) in [6, 6.07) is 14.9. The summed E-state index contributed by atoms with van der Waals surface area (Å²) >= 11 is 0. The first-order valence-electron chi connectivity index (χ1n) is 8.04. The largest absolute Gasteiger partial charge is 0.457 e. The lowest BCUT2D eigenvalue weighted by atomic mass is 10.2. The SMILES string of the molecule is C=C(C)C(=O)Oc1ccc(Oc2ccc(N(CC)CC)cc2)cc1. The average Bonchev–Trinajstić information content (AvgIpc) is 2.59. The molecule has 126 valence electrons. The van der Waals surface area contributed by atoms with Gasteiger partial charge in [0, 0.05) is 24.4 Å². The molecule has 4 nitrogen and oxygen atoms in total. The summed E-state index contributed by atoms with van der Waals surface area (Å²) in [6.07, 6.45) is 0. The topological polar surface area (TPSA) is 38.8 Å². The summed E-state index contributed by atoms with van der Waals surface area (Å²) in [5.41, 5.74) is 1.54. The Balaban J connectivity index is 2.01. The van der Waals surface area contributed by atoms with Crippen LogP contribution in [-0.4, -0.2) is 19.1 Å². The third kappa shape index (κ3) is 4.62. The van der Waals surface area contributed by atoms with E-state index < -0.39 is 5.97 Å². The number of rotatable bonds is 7. The predicted molar refractivity (Wildman–Crippen MR) is 97.0 cm³/mol. The maximum absolute atomic E-state index is 11.5.